The van der Waals surface area contributed by atoms with Crippen LogP contribution in [0.2, 0.25) is 0 Å². The van der Waals surface area contributed by atoms with Crippen molar-refractivity contribution in [3.05, 3.63) is 35.9 Å². The summed E-state index contributed by atoms with van der Waals surface area (Å²) in [7, 11) is 0. The Hall–Kier alpha value is -0.960. The number of thioether (sulfide) groups is 1. The molecule has 1 heterocycles. The van der Waals surface area contributed by atoms with Crippen molar-refractivity contribution in [2.75, 3.05) is 18.8 Å². The van der Waals surface area contributed by atoms with Crippen molar-refractivity contribution in [2.45, 2.75) is 38.5 Å². The maximum Gasteiger partial charge on any atom is 0.156 e. The molecule has 0 radical (unpaired) electrons. The predicted molar refractivity (Wildman–Crippen MR) is 88.4 cm³/mol. The number of hydrogen-bond donors (Lipinski definition) is 1. The summed E-state index contributed by atoms with van der Waals surface area (Å²) in [5, 5.41) is 4.69. The Morgan fingerprint density at radius 1 is 1.15 bits per heavy atom. The van der Waals surface area contributed by atoms with Crippen molar-refractivity contribution < 1.29 is 0 Å². The van der Waals surface area contributed by atoms with Gasteiger partial charge in [0, 0.05) is 18.8 Å². The maximum absolute atomic E-state index is 4.78. The summed E-state index contributed by atoms with van der Waals surface area (Å²) in [5.41, 5.74) is 1.98. The van der Waals surface area contributed by atoms with E-state index in [1.54, 1.807) is 0 Å². The van der Waals surface area contributed by atoms with E-state index in [0.29, 0.717) is 5.41 Å². The molecule has 1 aromatic carbocycles. The largest absolute Gasteiger partial charge is 0.365 e. The third-order valence-electron chi connectivity index (χ3n) is 4.50. The minimum absolute atomic E-state index is 0.555. The standard InChI is InChI=1S/C17H24N2S/c1-2-7-15(8-3-1)9-6-12-18-16-19-13-17(14-20-16)10-4-5-11-17/h1-3,7-8H,4-6,9-14H2,(H,18,19). The van der Waals surface area contributed by atoms with Crippen molar-refractivity contribution in [3.63, 3.8) is 0 Å². The number of aliphatic imine (C=N–C) groups is 1. The number of rotatable bonds is 4. The first-order valence-corrected chi connectivity index (χ1v) is 8.80. The van der Waals surface area contributed by atoms with Gasteiger partial charge in [-0.05, 0) is 36.7 Å². The summed E-state index contributed by atoms with van der Waals surface area (Å²) in [4.78, 5) is 4.78. The van der Waals surface area contributed by atoms with Crippen molar-refractivity contribution in [1.29, 1.82) is 0 Å². The quantitative estimate of drug-likeness (QED) is 0.851. The fourth-order valence-electron chi connectivity index (χ4n) is 3.22. The lowest BCUT2D eigenvalue weighted by Crippen LogP contribution is -2.33. The van der Waals surface area contributed by atoms with Crippen molar-refractivity contribution in [1.82, 2.24) is 5.32 Å². The first kappa shape index (κ1) is 14.0. The summed E-state index contributed by atoms with van der Waals surface area (Å²) >= 11 is 1.94. The zero-order valence-electron chi connectivity index (χ0n) is 12.1. The van der Waals surface area contributed by atoms with Gasteiger partial charge >= 0.3 is 0 Å². The highest BCUT2D eigenvalue weighted by Gasteiger charge is 2.36. The summed E-state index contributed by atoms with van der Waals surface area (Å²) < 4.78 is 0. The molecule has 0 aromatic heterocycles. The Bertz CT molecular complexity index is 449. The van der Waals surface area contributed by atoms with Gasteiger partial charge in [0.1, 0.15) is 0 Å². The van der Waals surface area contributed by atoms with Crippen LogP contribution < -0.4 is 5.32 Å². The second-order valence-corrected chi connectivity index (χ2v) is 7.10. The van der Waals surface area contributed by atoms with Gasteiger partial charge in [0.2, 0.25) is 0 Å². The van der Waals surface area contributed by atoms with Crippen LogP contribution in [0.1, 0.15) is 37.7 Å². The van der Waals surface area contributed by atoms with Crippen LogP contribution in [0.5, 0.6) is 0 Å². The fourth-order valence-corrected chi connectivity index (χ4v) is 4.40. The SMILES string of the molecule is c1ccc(CCCNC2=NCC3(CCCC3)CS2)cc1. The molecule has 2 nitrogen and oxygen atoms in total. The Labute approximate surface area is 126 Å². The molecular weight excluding hydrogens is 264 g/mol. The molecule has 1 saturated carbocycles. The zero-order valence-corrected chi connectivity index (χ0v) is 12.9. The Morgan fingerprint density at radius 3 is 2.65 bits per heavy atom. The molecular formula is C17H24N2S. The summed E-state index contributed by atoms with van der Waals surface area (Å²) in [6, 6.07) is 10.7. The number of amidine groups is 1. The van der Waals surface area contributed by atoms with Crippen LogP contribution in [0.15, 0.2) is 35.3 Å². The topological polar surface area (TPSA) is 24.4 Å². The number of nitrogens with one attached hydrogen (secondary N) is 1. The van der Waals surface area contributed by atoms with E-state index in [-0.39, 0.29) is 0 Å². The van der Waals surface area contributed by atoms with Gasteiger partial charge < -0.3 is 5.32 Å². The van der Waals surface area contributed by atoms with Crippen LogP contribution in [0, 0.1) is 5.41 Å². The van der Waals surface area contributed by atoms with Gasteiger partial charge in [-0.15, -0.1) is 0 Å². The van der Waals surface area contributed by atoms with Gasteiger partial charge in [-0.3, -0.25) is 4.99 Å². The summed E-state index contributed by atoms with van der Waals surface area (Å²) in [6.07, 6.45) is 7.94. The van der Waals surface area contributed by atoms with Crippen LogP contribution in [0.3, 0.4) is 0 Å². The molecule has 0 amide bonds. The molecule has 1 aliphatic carbocycles. The molecule has 3 heteroatoms. The Balaban J connectivity index is 1.38. The average molecular weight is 288 g/mol. The first-order valence-electron chi connectivity index (χ1n) is 7.81. The molecule has 0 bridgehead atoms. The third-order valence-corrected chi connectivity index (χ3v) is 5.80. The van der Waals surface area contributed by atoms with E-state index in [1.165, 1.54) is 48.6 Å². The van der Waals surface area contributed by atoms with Crippen molar-refractivity contribution in [3.8, 4) is 0 Å². The molecule has 1 spiro atoms. The molecule has 20 heavy (non-hydrogen) atoms. The third kappa shape index (κ3) is 3.57. The van der Waals surface area contributed by atoms with E-state index in [9.17, 15) is 0 Å². The lowest BCUT2D eigenvalue weighted by Gasteiger charge is -2.31. The predicted octanol–water partition coefficient (Wildman–Crippen LogP) is 3.87. The van der Waals surface area contributed by atoms with E-state index >= 15 is 0 Å². The number of hydrogen-bond acceptors (Lipinski definition) is 3. The number of nitrogens with zero attached hydrogens (tertiary/aromatic N) is 1. The Morgan fingerprint density at radius 2 is 1.95 bits per heavy atom. The van der Waals surface area contributed by atoms with E-state index in [1.807, 2.05) is 11.8 Å². The highest BCUT2D eigenvalue weighted by molar-refractivity contribution is 8.13. The molecule has 1 aliphatic heterocycles. The smallest absolute Gasteiger partial charge is 0.156 e. The van der Waals surface area contributed by atoms with Crippen molar-refractivity contribution in [2.24, 2.45) is 10.4 Å². The van der Waals surface area contributed by atoms with Gasteiger partial charge in [-0.2, -0.15) is 0 Å². The Kier molecular flexibility index (Phi) is 4.66. The van der Waals surface area contributed by atoms with E-state index in [2.05, 4.69) is 35.6 Å². The highest BCUT2D eigenvalue weighted by Crippen LogP contribution is 2.43. The van der Waals surface area contributed by atoms with Gasteiger partial charge in [-0.1, -0.05) is 54.9 Å². The van der Waals surface area contributed by atoms with Gasteiger partial charge in [-0.25, -0.2) is 0 Å². The molecule has 108 valence electrons. The summed E-state index contributed by atoms with van der Waals surface area (Å²) in [5.74, 6) is 1.28. The van der Waals surface area contributed by atoms with Crippen molar-refractivity contribution >= 4 is 16.9 Å². The van der Waals surface area contributed by atoms with Crippen LogP contribution in [-0.4, -0.2) is 24.0 Å². The normalized spacial score (nSPS) is 20.9. The van der Waals surface area contributed by atoms with E-state index in [4.69, 9.17) is 4.99 Å². The molecule has 3 rings (SSSR count). The number of aryl methyl sites for hydroxylation is 1. The van der Waals surface area contributed by atoms with E-state index in [0.717, 1.165) is 19.5 Å². The van der Waals surface area contributed by atoms with Crippen LogP contribution in [-0.2, 0) is 6.42 Å². The van der Waals surface area contributed by atoms with Gasteiger partial charge in [0.05, 0.1) is 0 Å². The maximum atomic E-state index is 4.78. The molecule has 1 N–H and O–H groups in total. The molecule has 1 fully saturated rings. The highest BCUT2D eigenvalue weighted by atomic mass is 32.2. The molecule has 2 aliphatic rings. The van der Waals surface area contributed by atoms with Gasteiger partial charge in [0.15, 0.2) is 5.17 Å². The molecule has 1 aromatic rings. The monoisotopic (exact) mass is 288 g/mol. The second-order valence-electron chi connectivity index (χ2n) is 6.13. The molecule has 0 saturated heterocycles. The van der Waals surface area contributed by atoms with Crippen LogP contribution >= 0.6 is 11.8 Å². The minimum Gasteiger partial charge on any atom is -0.365 e. The average Bonchev–Trinajstić information content (AvgIpc) is 2.95. The van der Waals surface area contributed by atoms with E-state index < -0.39 is 0 Å². The zero-order chi connectivity index (χ0) is 13.7. The van der Waals surface area contributed by atoms with Crippen LogP contribution in [0.25, 0.3) is 0 Å². The fraction of sp³-hybridized carbons (Fsp3) is 0.588. The molecule has 0 unspecified atom stereocenters. The second kappa shape index (κ2) is 6.66. The molecule has 0 atom stereocenters. The lowest BCUT2D eigenvalue weighted by molar-refractivity contribution is 0.358. The first-order chi connectivity index (χ1) is 9.86. The van der Waals surface area contributed by atoms with Gasteiger partial charge in [0.25, 0.3) is 0 Å². The summed E-state index contributed by atoms with van der Waals surface area (Å²) in [6.45, 7) is 2.09. The minimum atomic E-state index is 0.555. The number of benzene rings is 1. The lowest BCUT2D eigenvalue weighted by atomic mass is 9.89. The van der Waals surface area contributed by atoms with Crippen LogP contribution in [0.4, 0.5) is 0 Å².